The Bertz CT molecular complexity index is 1290. The van der Waals surface area contributed by atoms with Gasteiger partial charge in [-0.1, -0.05) is 48.5 Å². The molecule has 0 spiro atoms. The number of carbonyl (C=O) groups is 1. The zero-order valence-corrected chi connectivity index (χ0v) is 19.7. The van der Waals surface area contributed by atoms with Crippen LogP contribution in [0, 0.1) is 0 Å². The van der Waals surface area contributed by atoms with Crippen molar-refractivity contribution >= 4 is 5.78 Å². The van der Waals surface area contributed by atoms with Gasteiger partial charge in [0, 0.05) is 17.5 Å². The number of ether oxygens (including phenoxy) is 3. The highest BCUT2D eigenvalue weighted by atomic mass is 19.3. The standard InChI is InChI=1S/C28H25F2NO5/c1-2-33-24-11-7-6-10-20(24)14-23(32)16-22-18-35-27(31-22)21-12-13-25(36-28(29)30)26(15-21)34-17-19-8-4-3-5-9-19/h3-13,15,18,28H,2,14,16-17H2,1H3. The minimum atomic E-state index is -3.00. The number of rotatable bonds is 12. The maximum absolute atomic E-state index is 12.9. The van der Waals surface area contributed by atoms with Gasteiger partial charge in [-0.3, -0.25) is 4.79 Å². The third kappa shape index (κ3) is 6.69. The van der Waals surface area contributed by atoms with Gasteiger partial charge >= 0.3 is 6.61 Å². The smallest absolute Gasteiger partial charge is 0.387 e. The number of nitrogens with zero attached hydrogens (tertiary/aromatic N) is 1. The van der Waals surface area contributed by atoms with Crippen LogP contribution in [0.4, 0.5) is 8.78 Å². The van der Waals surface area contributed by atoms with Gasteiger partial charge in [0.15, 0.2) is 11.5 Å². The summed E-state index contributed by atoms with van der Waals surface area (Å²) in [5.41, 5.74) is 2.64. The monoisotopic (exact) mass is 493 g/mol. The van der Waals surface area contributed by atoms with E-state index in [0.717, 1.165) is 11.1 Å². The largest absolute Gasteiger partial charge is 0.494 e. The van der Waals surface area contributed by atoms with Crippen molar-refractivity contribution in [3.05, 3.63) is 95.9 Å². The molecule has 4 rings (SSSR count). The van der Waals surface area contributed by atoms with E-state index in [1.807, 2.05) is 61.5 Å². The van der Waals surface area contributed by atoms with E-state index >= 15 is 0 Å². The first kappa shape index (κ1) is 24.9. The molecule has 3 aromatic carbocycles. The van der Waals surface area contributed by atoms with E-state index in [2.05, 4.69) is 9.72 Å². The van der Waals surface area contributed by atoms with E-state index < -0.39 is 6.61 Å². The molecule has 4 aromatic rings. The Kier molecular flexibility index (Phi) is 8.28. The molecule has 0 bridgehead atoms. The van der Waals surface area contributed by atoms with Crippen LogP contribution in [0.15, 0.2) is 83.5 Å². The topological polar surface area (TPSA) is 70.8 Å². The van der Waals surface area contributed by atoms with Crippen molar-refractivity contribution in [2.24, 2.45) is 0 Å². The Morgan fingerprint density at radius 3 is 2.47 bits per heavy atom. The maximum Gasteiger partial charge on any atom is 0.387 e. The minimum Gasteiger partial charge on any atom is -0.494 e. The van der Waals surface area contributed by atoms with E-state index in [4.69, 9.17) is 13.9 Å². The normalized spacial score (nSPS) is 10.9. The van der Waals surface area contributed by atoms with Gasteiger partial charge in [0.1, 0.15) is 24.4 Å². The minimum absolute atomic E-state index is 0.0467. The lowest BCUT2D eigenvalue weighted by Gasteiger charge is -2.13. The Hall–Kier alpha value is -4.20. The highest BCUT2D eigenvalue weighted by molar-refractivity contribution is 5.83. The summed E-state index contributed by atoms with van der Waals surface area (Å²) in [6, 6.07) is 21.2. The molecule has 0 atom stereocenters. The summed E-state index contributed by atoms with van der Waals surface area (Å²) in [7, 11) is 0. The third-order valence-electron chi connectivity index (χ3n) is 5.23. The average molecular weight is 494 g/mol. The molecule has 0 aliphatic heterocycles. The fraction of sp³-hybridized carbons (Fsp3) is 0.214. The Morgan fingerprint density at radius 2 is 1.69 bits per heavy atom. The van der Waals surface area contributed by atoms with Crippen LogP contribution in [0.1, 0.15) is 23.7 Å². The zero-order chi connectivity index (χ0) is 25.3. The van der Waals surface area contributed by atoms with Gasteiger partial charge in [-0.2, -0.15) is 8.78 Å². The zero-order valence-electron chi connectivity index (χ0n) is 19.7. The quantitative estimate of drug-likeness (QED) is 0.232. The molecule has 6 nitrogen and oxygen atoms in total. The lowest BCUT2D eigenvalue weighted by atomic mass is 10.1. The number of benzene rings is 3. The number of carbonyl (C=O) groups excluding carboxylic acids is 1. The summed E-state index contributed by atoms with van der Waals surface area (Å²) >= 11 is 0. The van der Waals surface area contributed by atoms with E-state index in [1.54, 1.807) is 6.07 Å². The fourth-order valence-electron chi connectivity index (χ4n) is 3.63. The highest BCUT2D eigenvalue weighted by Crippen LogP contribution is 2.34. The van der Waals surface area contributed by atoms with Crippen molar-refractivity contribution in [2.45, 2.75) is 33.0 Å². The molecule has 0 unspecified atom stereocenters. The van der Waals surface area contributed by atoms with Crippen LogP contribution in [-0.2, 0) is 24.2 Å². The Balaban J connectivity index is 1.47. The summed E-state index contributed by atoms with van der Waals surface area (Å²) in [6.45, 7) is -0.434. The third-order valence-corrected chi connectivity index (χ3v) is 5.23. The van der Waals surface area contributed by atoms with Crippen LogP contribution >= 0.6 is 0 Å². The molecule has 0 N–H and O–H groups in total. The maximum atomic E-state index is 12.9. The molecule has 1 heterocycles. The first-order valence-corrected chi connectivity index (χ1v) is 11.4. The van der Waals surface area contributed by atoms with Crippen LogP contribution < -0.4 is 14.2 Å². The van der Waals surface area contributed by atoms with Crippen molar-refractivity contribution in [1.82, 2.24) is 4.98 Å². The lowest BCUT2D eigenvalue weighted by Crippen LogP contribution is -2.08. The lowest BCUT2D eigenvalue weighted by molar-refractivity contribution is -0.117. The van der Waals surface area contributed by atoms with Gasteiger partial charge in [0.25, 0.3) is 0 Å². The van der Waals surface area contributed by atoms with Crippen LogP contribution in [0.25, 0.3) is 11.5 Å². The number of para-hydroxylation sites is 1. The van der Waals surface area contributed by atoms with Gasteiger partial charge in [-0.15, -0.1) is 0 Å². The highest BCUT2D eigenvalue weighted by Gasteiger charge is 2.17. The van der Waals surface area contributed by atoms with E-state index in [0.29, 0.717) is 23.6 Å². The molecule has 0 fully saturated rings. The van der Waals surface area contributed by atoms with E-state index in [-0.39, 0.29) is 42.6 Å². The van der Waals surface area contributed by atoms with Crippen molar-refractivity contribution in [2.75, 3.05) is 6.61 Å². The van der Waals surface area contributed by atoms with Gasteiger partial charge in [0.2, 0.25) is 5.89 Å². The van der Waals surface area contributed by atoms with Crippen molar-refractivity contribution in [3.8, 4) is 28.7 Å². The van der Waals surface area contributed by atoms with Crippen LogP contribution in [-0.4, -0.2) is 24.0 Å². The van der Waals surface area contributed by atoms with Crippen LogP contribution in [0.3, 0.4) is 0 Å². The van der Waals surface area contributed by atoms with E-state index in [1.165, 1.54) is 18.4 Å². The molecule has 8 heteroatoms. The number of aromatic nitrogens is 1. The first-order chi connectivity index (χ1) is 17.5. The van der Waals surface area contributed by atoms with Crippen molar-refractivity contribution in [1.29, 1.82) is 0 Å². The van der Waals surface area contributed by atoms with Crippen molar-refractivity contribution in [3.63, 3.8) is 0 Å². The predicted octanol–water partition coefficient (Wildman–Crippen LogP) is 6.28. The summed E-state index contributed by atoms with van der Waals surface area (Å²) in [5.74, 6) is 0.901. The number of halogens is 2. The number of oxazole rings is 1. The van der Waals surface area contributed by atoms with Gasteiger partial charge in [0.05, 0.1) is 18.7 Å². The molecule has 0 saturated heterocycles. The molecule has 36 heavy (non-hydrogen) atoms. The predicted molar refractivity (Wildman–Crippen MR) is 129 cm³/mol. The number of hydrogen-bond donors (Lipinski definition) is 0. The first-order valence-electron chi connectivity index (χ1n) is 11.4. The SMILES string of the molecule is CCOc1ccccc1CC(=O)Cc1coc(-c2ccc(OC(F)F)c(OCc3ccccc3)c2)n1. The molecule has 0 amide bonds. The summed E-state index contributed by atoms with van der Waals surface area (Å²) < 4.78 is 47.3. The second-order valence-electron chi connectivity index (χ2n) is 7.89. The fourth-order valence-corrected chi connectivity index (χ4v) is 3.63. The Morgan fingerprint density at radius 1 is 0.917 bits per heavy atom. The van der Waals surface area contributed by atoms with Crippen molar-refractivity contribution < 1.29 is 32.2 Å². The molecule has 1 aromatic heterocycles. The molecule has 0 aliphatic carbocycles. The number of alkyl halides is 2. The van der Waals surface area contributed by atoms with Crippen LogP contribution in [0.2, 0.25) is 0 Å². The molecule has 0 radical (unpaired) electrons. The number of Topliss-reactive ketones (excluding diaryl/α,β-unsaturated/α-hetero) is 1. The van der Waals surface area contributed by atoms with Crippen LogP contribution in [0.5, 0.6) is 17.2 Å². The molecule has 186 valence electrons. The van der Waals surface area contributed by atoms with Gasteiger partial charge in [-0.25, -0.2) is 4.98 Å². The molecule has 0 aliphatic rings. The Labute approximate surface area is 207 Å². The summed E-state index contributed by atoms with van der Waals surface area (Å²) in [4.78, 5) is 17.1. The number of ketones is 1. The number of hydrogen-bond acceptors (Lipinski definition) is 6. The van der Waals surface area contributed by atoms with Gasteiger partial charge < -0.3 is 18.6 Å². The van der Waals surface area contributed by atoms with Gasteiger partial charge in [-0.05, 0) is 36.8 Å². The molecular formula is C28H25F2NO5. The van der Waals surface area contributed by atoms with E-state index in [9.17, 15) is 13.6 Å². The summed E-state index contributed by atoms with van der Waals surface area (Å²) in [6.07, 6.45) is 1.69. The molecule has 0 saturated carbocycles. The second kappa shape index (κ2) is 12.0. The molecular weight excluding hydrogens is 468 g/mol. The summed E-state index contributed by atoms with van der Waals surface area (Å²) in [5, 5.41) is 0. The second-order valence-corrected chi connectivity index (χ2v) is 7.89. The average Bonchev–Trinajstić information content (AvgIpc) is 3.33.